The van der Waals surface area contributed by atoms with Gasteiger partial charge in [0.2, 0.25) is 0 Å². The van der Waals surface area contributed by atoms with Crippen LogP contribution in [-0.4, -0.2) is 21.6 Å². The lowest BCUT2D eigenvalue weighted by Gasteiger charge is -2.14. The van der Waals surface area contributed by atoms with E-state index in [1.807, 2.05) is 19.1 Å². The third-order valence-electron chi connectivity index (χ3n) is 3.42. The summed E-state index contributed by atoms with van der Waals surface area (Å²) < 4.78 is 32.5. The van der Waals surface area contributed by atoms with E-state index in [9.17, 15) is 13.2 Å². The van der Waals surface area contributed by atoms with Crippen LogP contribution < -0.4 is 10.0 Å². The SMILES string of the molecule is COC(=O)Nc1cccc(NS(=O)(=O)c2c(C)cc(C)cc2C)c1. The van der Waals surface area contributed by atoms with Crippen molar-refractivity contribution in [3.05, 3.63) is 53.1 Å². The highest BCUT2D eigenvalue weighted by molar-refractivity contribution is 7.92. The second kappa shape index (κ2) is 6.92. The molecule has 0 fully saturated rings. The maximum atomic E-state index is 12.7. The van der Waals surface area contributed by atoms with Gasteiger partial charge in [0.25, 0.3) is 10.0 Å². The van der Waals surface area contributed by atoms with Gasteiger partial charge in [0.1, 0.15) is 0 Å². The predicted octanol–water partition coefficient (Wildman–Crippen LogP) is 3.59. The van der Waals surface area contributed by atoms with E-state index in [1.165, 1.54) is 13.2 Å². The summed E-state index contributed by atoms with van der Waals surface area (Å²) in [5.41, 5.74) is 3.16. The van der Waals surface area contributed by atoms with Gasteiger partial charge in [-0.1, -0.05) is 23.8 Å². The molecule has 0 atom stereocenters. The van der Waals surface area contributed by atoms with Crippen LogP contribution in [0.1, 0.15) is 16.7 Å². The minimum absolute atomic E-state index is 0.263. The Morgan fingerprint density at radius 1 is 1.00 bits per heavy atom. The summed E-state index contributed by atoms with van der Waals surface area (Å²) in [5.74, 6) is 0. The lowest BCUT2D eigenvalue weighted by molar-refractivity contribution is 0.187. The molecule has 128 valence electrons. The van der Waals surface area contributed by atoms with E-state index in [2.05, 4.69) is 14.8 Å². The Balaban J connectivity index is 2.34. The fraction of sp³-hybridized carbons (Fsp3) is 0.235. The highest BCUT2D eigenvalue weighted by Crippen LogP contribution is 2.25. The van der Waals surface area contributed by atoms with Crippen LogP contribution >= 0.6 is 0 Å². The lowest BCUT2D eigenvalue weighted by Crippen LogP contribution is -2.16. The van der Waals surface area contributed by atoms with Crippen molar-refractivity contribution >= 4 is 27.5 Å². The Kier molecular flexibility index (Phi) is 5.14. The molecule has 1 amide bonds. The average Bonchev–Trinajstić information content (AvgIpc) is 2.45. The van der Waals surface area contributed by atoms with Gasteiger partial charge in [-0.2, -0.15) is 0 Å². The Labute approximate surface area is 141 Å². The number of sulfonamides is 1. The van der Waals surface area contributed by atoms with E-state index in [4.69, 9.17) is 0 Å². The number of hydrogen-bond acceptors (Lipinski definition) is 4. The number of aryl methyl sites for hydroxylation is 3. The van der Waals surface area contributed by atoms with Gasteiger partial charge < -0.3 is 4.74 Å². The molecule has 0 spiro atoms. The van der Waals surface area contributed by atoms with Crippen LogP contribution in [0.25, 0.3) is 0 Å². The second-order valence-electron chi connectivity index (χ2n) is 5.53. The fourth-order valence-corrected chi connectivity index (χ4v) is 4.13. The van der Waals surface area contributed by atoms with Crippen LogP contribution in [0.5, 0.6) is 0 Å². The maximum absolute atomic E-state index is 12.7. The van der Waals surface area contributed by atoms with Gasteiger partial charge in [0, 0.05) is 5.69 Å². The minimum atomic E-state index is -3.74. The third-order valence-corrected chi connectivity index (χ3v) is 5.11. The first-order valence-corrected chi connectivity index (χ1v) is 8.77. The van der Waals surface area contributed by atoms with E-state index >= 15 is 0 Å². The lowest BCUT2D eigenvalue weighted by atomic mass is 10.1. The molecule has 0 saturated heterocycles. The van der Waals surface area contributed by atoms with Crippen molar-refractivity contribution in [2.75, 3.05) is 17.1 Å². The van der Waals surface area contributed by atoms with Crippen molar-refractivity contribution < 1.29 is 17.9 Å². The first kappa shape index (κ1) is 17.8. The molecule has 6 nitrogen and oxygen atoms in total. The van der Waals surface area contributed by atoms with Crippen LogP contribution in [0.2, 0.25) is 0 Å². The minimum Gasteiger partial charge on any atom is -0.453 e. The van der Waals surface area contributed by atoms with E-state index in [-0.39, 0.29) is 4.90 Å². The number of benzene rings is 2. The van der Waals surface area contributed by atoms with Crippen molar-refractivity contribution in [2.45, 2.75) is 25.7 Å². The van der Waals surface area contributed by atoms with E-state index in [0.29, 0.717) is 22.5 Å². The Bertz CT molecular complexity index is 853. The largest absolute Gasteiger partial charge is 0.453 e. The molecule has 0 radical (unpaired) electrons. The molecule has 2 aromatic carbocycles. The third kappa shape index (κ3) is 4.05. The van der Waals surface area contributed by atoms with Crippen LogP contribution in [0.3, 0.4) is 0 Å². The number of ether oxygens (including phenoxy) is 1. The molecule has 0 heterocycles. The molecule has 0 aliphatic carbocycles. The van der Waals surface area contributed by atoms with Gasteiger partial charge in [-0.05, 0) is 50.1 Å². The van der Waals surface area contributed by atoms with Crippen LogP contribution in [0.15, 0.2) is 41.3 Å². The van der Waals surface area contributed by atoms with Crippen molar-refractivity contribution in [3.63, 3.8) is 0 Å². The monoisotopic (exact) mass is 348 g/mol. The van der Waals surface area contributed by atoms with Gasteiger partial charge in [-0.15, -0.1) is 0 Å². The molecule has 2 N–H and O–H groups in total. The second-order valence-corrected chi connectivity index (χ2v) is 7.15. The number of anilines is 2. The van der Waals surface area contributed by atoms with Gasteiger partial charge in [0.15, 0.2) is 0 Å². The quantitative estimate of drug-likeness (QED) is 0.884. The molecule has 24 heavy (non-hydrogen) atoms. The molecule has 2 aromatic rings. The summed E-state index contributed by atoms with van der Waals surface area (Å²) in [6, 6.07) is 10.1. The summed E-state index contributed by atoms with van der Waals surface area (Å²) in [7, 11) is -2.48. The van der Waals surface area contributed by atoms with Gasteiger partial charge in [-0.25, -0.2) is 13.2 Å². The molecule has 0 saturated carbocycles. The molecule has 7 heteroatoms. The number of carbonyl (C=O) groups excluding carboxylic acids is 1. The molecular weight excluding hydrogens is 328 g/mol. The molecule has 0 aliphatic rings. The molecular formula is C17H20N2O4S. The summed E-state index contributed by atoms with van der Waals surface area (Å²) in [6.07, 6.45) is -0.625. The highest BCUT2D eigenvalue weighted by Gasteiger charge is 2.20. The Morgan fingerprint density at radius 2 is 1.58 bits per heavy atom. The summed E-state index contributed by atoms with van der Waals surface area (Å²) >= 11 is 0. The standard InChI is InChI=1S/C17H20N2O4S/c1-11-8-12(2)16(13(3)9-11)24(21,22)19-15-7-5-6-14(10-15)18-17(20)23-4/h5-10,19H,1-4H3,(H,18,20). The first-order valence-electron chi connectivity index (χ1n) is 7.28. The van der Waals surface area contributed by atoms with Gasteiger partial charge >= 0.3 is 6.09 Å². The Morgan fingerprint density at radius 3 is 2.17 bits per heavy atom. The van der Waals surface area contributed by atoms with Crippen LogP contribution in [-0.2, 0) is 14.8 Å². The van der Waals surface area contributed by atoms with Crippen LogP contribution in [0.4, 0.5) is 16.2 Å². The molecule has 2 rings (SSSR count). The summed E-state index contributed by atoms with van der Waals surface area (Å²) in [4.78, 5) is 11.5. The summed E-state index contributed by atoms with van der Waals surface area (Å²) in [5, 5.41) is 2.49. The topological polar surface area (TPSA) is 84.5 Å². The van der Waals surface area contributed by atoms with Crippen molar-refractivity contribution in [3.8, 4) is 0 Å². The van der Waals surface area contributed by atoms with E-state index < -0.39 is 16.1 Å². The molecule has 0 unspecified atom stereocenters. The smallest absolute Gasteiger partial charge is 0.411 e. The first-order chi connectivity index (χ1) is 11.2. The van der Waals surface area contributed by atoms with Gasteiger partial charge in [-0.3, -0.25) is 10.0 Å². The number of methoxy groups -OCH3 is 1. The zero-order valence-corrected chi connectivity index (χ0v) is 14.8. The molecule has 0 aliphatic heterocycles. The van der Waals surface area contributed by atoms with Crippen molar-refractivity contribution in [1.82, 2.24) is 0 Å². The Hall–Kier alpha value is -2.54. The zero-order chi connectivity index (χ0) is 17.9. The fourth-order valence-electron chi connectivity index (χ4n) is 2.63. The number of rotatable bonds is 4. The van der Waals surface area contributed by atoms with E-state index in [0.717, 1.165) is 5.56 Å². The normalized spacial score (nSPS) is 11.0. The maximum Gasteiger partial charge on any atom is 0.411 e. The number of hydrogen-bond donors (Lipinski definition) is 2. The van der Waals surface area contributed by atoms with Gasteiger partial charge in [0.05, 0.1) is 17.7 Å². The summed E-state index contributed by atoms with van der Waals surface area (Å²) in [6.45, 7) is 5.46. The molecule has 0 aromatic heterocycles. The number of nitrogens with one attached hydrogen (secondary N) is 2. The highest BCUT2D eigenvalue weighted by atomic mass is 32.2. The van der Waals surface area contributed by atoms with E-state index in [1.54, 1.807) is 32.0 Å². The average molecular weight is 348 g/mol. The van der Waals surface area contributed by atoms with Crippen molar-refractivity contribution in [2.24, 2.45) is 0 Å². The zero-order valence-electron chi connectivity index (χ0n) is 14.0. The van der Waals surface area contributed by atoms with Crippen LogP contribution in [0, 0.1) is 20.8 Å². The molecule has 0 bridgehead atoms. The number of carbonyl (C=O) groups is 1. The number of amides is 1. The predicted molar refractivity (Wildman–Crippen MR) is 93.9 cm³/mol. The van der Waals surface area contributed by atoms with Crippen molar-refractivity contribution in [1.29, 1.82) is 0 Å².